The van der Waals surface area contributed by atoms with Crippen LogP contribution in [0.25, 0.3) is 0 Å². The number of hydrogen-bond acceptors (Lipinski definition) is 3. The zero-order valence-corrected chi connectivity index (χ0v) is 15.6. The van der Waals surface area contributed by atoms with Crippen molar-refractivity contribution in [3.05, 3.63) is 53.6 Å². The third kappa shape index (κ3) is 6.49. The Morgan fingerprint density at radius 2 is 1.68 bits per heavy atom. The Morgan fingerprint density at radius 1 is 1.00 bits per heavy atom. The van der Waals surface area contributed by atoms with Crippen molar-refractivity contribution in [2.45, 2.75) is 34.1 Å². The van der Waals surface area contributed by atoms with Crippen LogP contribution in [0.5, 0.6) is 5.75 Å². The average molecular weight is 340 g/mol. The molecule has 0 saturated heterocycles. The highest BCUT2D eigenvalue weighted by Gasteiger charge is 2.04. The molecule has 0 aliphatic rings. The summed E-state index contributed by atoms with van der Waals surface area (Å²) in [6.45, 7) is 9.40. The van der Waals surface area contributed by atoms with Crippen molar-refractivity contribution in [3.8, 4) is 5.75 Å². The summed E-state index contributed by atoms with van der Waals surface area (Å²) in [6, 6.07) is 13.6. The minimum atomic E-state index is -0.0690. The molecule has 0 heterocycles. The first-order chi connectivity index (χ1) is 11.9. The molecule has 4 heteroatoms. The maximum atomic E-state index is 12.1. The number of carbonyl (C=O) groups excluding carboxylic acids is 1. The first kappa shape index (κ1) is 18.8. The van der Waals surface area contributed by atoms with Crippen LogP contribution in [-0.2, 0) is 4.79 Å². The molecule has 25 heavy (non-hydrogen) atoms. The fourth-order valence-electron chi connectivity index (χ4n) is 2.29. The number of anilines is 2. The van der Waals surface area contributed by atoms with Crippen LogP contribution < -0.4 is 15.4 Å². The van der Waals surface area contributed by atoms with E-state index in [1.807, 2.05) is 49.4 Å². The number of ether oxygens (including phenoxy) is 1. The molecular formula is C21H28N2O2. The molecule has 4 nitrogen and oxygen atoms in total. The Bertz CT molecular complexity index is 694. The topological polar surface area (TPSA) is 50.4 Å². The lowest BCUT2D eigenvalue weighted by molar-refractivity contribution is -0.114. The Morgan fingerprint density at radius 3 is 2.32 bits per heavy atom. The Balaban J connectivity index is 1.78. The molecule has 2 aromatic carbocycles. The first-order valence-corrected chi connectivity index (χ1v) is 8.78. The standard InChI is InChI=1S/C21H28N2O2/c1-15(2)11-12-25-20-9-7-18(8-10-20)22-14-21(24)23-19-6-5-16(3)17(4)13-19/h5-10,13,15,22H,11-12,14H2,1-4H3,(H,23,24). The number of amides is 1. The normalized spacial score (nSPS) is 10.6. The van der Waals surface area contributed by atoms with Gasteiger partial charge in [0.15, 0.2) is 0 Å². The van der Waals surface area contributed by atoms with Crippen LogP contribution in [0, 0.1) is 19.8 Å². The van der Waals surface area contributed by atoms with Gasteiger partial charge in [-0.05, 0) is 73.7 Å². The number of nitrogens with one attached hydrogen (secondary N) is 2. The Hall–Kier alpha value is -2.49. The van der Waals surface area contributed by atoms with E-state index in [9.17, 15) is 4.79 Å². The van der Waals surface area contributed by atoms with Gasteiger partial charge in [0.2, 0.25) is 5.91 Å². The molecule has 0 unspecified atom stereocenters. The summed E-state index contributed by atoms with van der Waals surface area (Å²) in [5.74, 6) is 1.42. The summed E-state index contributed by atoms with van der Waals surface area (Å²) < 4.78 is 5.69. The Labute approximate surface area is 150 Å². The highest BCUT2D eigenvalue weighted by Crippen LogP contribution is 2.17. The molecule has 1 amide bonds. The summed E-state index contributed by atoms with van der Waals surface area (Å²) in [7, 11) is 0. The molecule has 134 valence electrons. The van der Waals surface area contributed by atoms with Crippen LogP contribution in [0.15, 0.2) is 42.5 Å². The van der Waals surface area contributed by atoms with E-state index in [-0.39, 0.29) is 12.5 Å². The molecule has 0 aliphatic carbocycles. The number of benzene rings is 2. The molecular weight excluding hydrogens is 312 g/mol. The maximum absolute atomic E-state index is 12.1. The molecule has 0 aromatic heterocycles. The molecule has 2 rings (SSSR count). The zero-order chi connectivity index (χ0) is 18.2. The lowest BCUT2D eigenvalue weighted by atomic mass is 10.1. The van der Waals surface area contributed by atoms with Crippen LogP contribution in [0.4, 0.5) is 11.4 Å². The second-order valence-electron chi connectivity index (χ2n) is 6.76. The van der Waals surface area contributed by atoms with Crippen molar-refractivity contribution in [1.29, 1.82) is 0 Å². The molecule has 0 fully saturated rings. The van der Waals surface area contributed by atoms with E-state index < -0.39 is 0 Å². The number of carbonyl (C=O) groups is 1. The van der Waals surface area contributed by atoms with Gasteiger partial charge in [-0.2, -0.15) is 0 Å². The van der Waals surface area contributed by atoms with Crippen LogP contribution in [0.3, 0.4) is 0 Å². The molecule has 2 aromatic rings. The van der Waals surface area contributed by atoms with Crippen LogP contribution in [-0.4, -0.2) is 19.1 Å². The van der Waals surface area contributed by atoms with E-state index in [1.165, 1.54) is 11.1 Å². The van der Waals surface area contributed by atoms with Crippen LogP contribution >= 0.6 is 0 Å². The molecule has 0 radical (unpaired) electrons. The van der Waals surface area contributed by atoms with Gasteiger partial charge in [0.05, 0.1) is 13.2 Å². The van der Waals surface area contributed by atoms with Crippen molar-refractivity contribution in [3.63, 3.8) is 0 Å². The summed E-state index contributed by atoms with van der Waals surface area (Å²) in [4.78, 5) is 12.1. The molecule has 0 aliphatic heterocycles. The second kappa shape index (κ2) is 9.11. The highest BCUT2D eigenvalue weighted by atomic mass is 16.5. The van der Waals surface area contributed by atoms with E-state index in [0.717, 1.165) is 30.2 Å². The predicted molar refractivity (Wildman–Crippen MR) is 104 cm³/mol. The summed E-state index contributed by atoms with van der Waals surface area (Å²) in [6.07, 6.45) is 1.04. The SMILES string of the molecule is Cc1ccc(NC(=O)CNc2ccc(OCCC(C)C)cc2)cc1C. The number of rotatable bonds is 8. The van der Waals surface area contributed by atoms with Gasteiger partial charge in [0.25, 0.3) is 0 Å². The summed E-state index contributed by atoms with van der Waals surface area (Å²) in [5.41, 5.74) is 4.10. The van der Waals surface area contributed by atoms with Crippen molar-refractivity contribution in [2.24, 2.45) is 5.92 Å². The van der Waals surface area contributed by atoms with E-state index in [2.05, 4.69) is 31.4 Å². The molecule has 0 bridgehead atoms. The molecule has 2 N–H and O–H groups in total. The first-order valence-electron chi connectivity index (χ1n) is 8.78. The lowest BCUT2D eigenvalue weighted by Gasteiger charge is -2.11. The fraction of sp³-hybridized carbons (Fsp3) is 0.381. The van der Waals surface area contributed by atoms with Gasteiger partial charge in [-0.15, -0.1) is 0 Å². The third-order valence-corrected chi connectivity index (χ3v) is 4.06. The van der Waals surface area contributed by atoms with E-state index in [1.54, 1.807) is 0 Å². The zero-order valence-electron chi connectivity index (χ0n) is 15.6. The average Bonchev–Trinajstić information content (AvgIpc) is 2.57. The monoisotopic (exact) mass is 340 g/mol. The third-order valence-electron chi connectivity index (χ3n) is 4.06. The highest BCUT2D eigenvalue weighted by molar-refractivity contribution is 5.93. The van der Waals surface area contributed by atoms with E-state index in [0.29, 0.717) is 5.92 Å². The minimum Gasteiger partial charge on any atom is -0.494 e. The lowest BCUT2D eigenvalue weighted by Crippen LogP contribution is -2.21. The number of aryl methyl sites for hydroxylation is 2. The van der Waals surface area contributed by atoms with E-state index in [4.69, 9.17) is 4.74 Å². The predicted octanol–water partition coefficient (Wildman–Crippen LogP) is 4.78. The van der Waals surface area contributed by atoms with Gasteiger partial charge in [-0.1, -0.05) is 19.9 Å². The maximum Gasteiger partial charge on any atom is 0.243 e. The number of hydrogen-bond donors (Lipinski definition) is 2. The van der Waals surface area contributed by atoms with Gasteiger partial charge < -0.3 is 15.4 Å². The van der Waals surface area contributed by atoms with E-state index >= 15 is 0 Å². The largest absolute Gasteiger partial charge is 0.494 e. The van der Waals surface area contributed by atoms with Crippen LogP contribution in [0.2, 0.25) is 0 Å². The minimum absolute atomic E-state index is 0.0690. The Kier molecular flexibility index (Phi) is 6.87. The van der Waals surface area contributed by atoms with Crippen molar-refractivity contribution >= 4 is 17.3 Å². The van der Waals surface area contributed by atoms with Crippen molar-refractivity contribution in [2.75, 3.05) is 23.8 Å². The fourth-order valence-corrected chi connectivity index (χ4v) is 2.29. The van der Waals surface area contributed by atoms with Gasteiger partial charge in [-0.3, -0.25) is 4.79 Å². The van der Waals surface area contributed by atoms with Crippen LogP contribution in [0.1, 0.15) is 31.4 Å². The smallest absolute Gasteiger partial charge is 0.243 e. The quantitative estimate of drug-likeness (QED) is 0.727. The van der Waals surface area contributed by atoms with Crippen molar-refractivity contribution in [1.82, 2.24) is 0 Å². The van der Waals surface area contributed by atoms with Gasteiger partial charge in [0, 0.05) is 11.4 Å². The van der Waals surface area contributed by atoms with Gasteiger partial charge in [-0.25, -0.2) is 0 Å². The molecule has 0 saturated carbocycles. The second-order valence-corrected chi connectivity index (χ2v) is 6.76. The van der Waals surface area contributed by atoms with Crippen molar-refractivity contribution < 1.29 is 9.53 Å². The molecule has 0 spiro atoms. The summed E-state index contributed by atoms with van der Waals surface area (Å²) in [5, 5.41) is 6.03. The summed E-state index contributed by atoms with van der Waals surface area (Å²) >= 11 is 0. The van der Waals surface area contributed by atoms with Gasteiger partial charge in [0.1, 0.15) is 5.75 Å². The molecule has 0 atom stereocenters. The van der Waals surface area contributed by atoms with Gasteiger partial charge >= 0.3 is 0 Å².